The van der Waals surface area contributed by atoms with E-state index in [1.165, 1.54) is 3.51 Å². The molecule has 0 aliphatic heterocycles. The molecule has 0 aliphatic carbocycles. The normalized spacial score (nSPS) is 12.3. The first-order valence-electron chi connectivity index (χ1n) is 3.64. The lowest BCUT2D eigenvalue weighted by Gasteiger charge is -2.07. The van der Waals surface area contributed by atoms with Gasteiger partial charge in [0, 0.05) is 16.9 Å². The van der Waals surface area contributed by atoms with Crippen LogP contribution in [0.5, 0.6) is 0 Å². The van der Waals surface area contributed by atoms with E-state index in [2.05, 4.69) is 11.9 Å². The predicted molar refractivity (Wildman–Crippen MR) is 65.0 cm³/mol. The maximum Gasteiger partial charge on any atom is 0.0415 e. The van der Waals surface area contributed by atoms with Gasteiger partial charge in [-0.25, -0.2) is 0 Å². The van der Waals surface area contributed by atoms with Gasteiger partial charge < -0.3 is 11.5 Å². The third-order valence-electron chi connectivity index (χ3n) is 1.76. The molecule has 0 fully saturated rings. The van der Waals surface area contributed by atoms with Crippen LogP contribution < -0.4 is 11.5 Å². The lowest BCUT2D eigenvalue weighted by atomic mass is 10.1. The van der Waals surface area contributed by atoms with Crippen LogP contribution in [-0.2, 0) is 0 Å². The van der Waals surface area contributed by atoms with Crippen LogP contribution in [0.1, 0.15) is 12.5 Å². The van der Waals surface area contributed by atoms with Crippen LogP contribution in [0, 0.1) is 0 Å². The van der Waals surface area contributed by atoms with E-state index in [-0.39, 0.29) is 20.7 Å². The molecular formula is C9H13IN2. The summed E-state index contributed by atoms with van der Waals surface area (Å²) in [6.45, 7) is 2.11. The predicted octanol–water partition coefficient (Wildman–Crippen LogP) is 1.99. The Kier molecular flexibility index (Phi) is 3.08. The summed E-state index contributed by atoms with van der Waals surface area (Å²) in [5.74, 6) is 0. The van der Waals surface area contributed by atoms with E-state index in [4.69, 9.17) is 11.5 Å². The van der Waals surface area contributed by atoms with Crippen LogP contribution in [0.3, 0.4) is 0 Å². The largest absolute Gasteiger partial charge is 0.398 e. The highest BCUT2D eigenvalue weighted by Gasteiger charge is 2.04. The van der Waals surface area contributed by atoms with Crippen molar-refractivity contribution in [2.24, 2.45) is 0 Å². The molecule has 0 aromatic heterocycles. The van der Waals surface area contributed by atoms with Gasteiger partial charge in [0.25, 0.3) is 0 Å². The Hall–Kier alpha value is -0.580. The molecular weight excluding hydrogens is 263 g/mol. The van der Waals surface area contributed by atoms with Crippen LogP contribution in [0.25, 0.3) is 0 Å². The lowest BCUT2D eigenvalue weighted by molar-refractivity contribution is 1.62. The van der Waals surface area contributed by atoms with Crippen molar-refractivity contribution < 1.29 is 0 Å². The Labute approximate surface area is 82.7 Å². The van der Waals surface area contributed by atoms with Crippen molar-refractivity contribution in [3.63, 3.8) is 0 Å². The number of nitrogens with two attached hydrogens (primary N) is 2. The first kappa shape index (κ1) is 9.51. The zero-order valence-corrected chi connectivity index (χ0v) is 9.42. The molecule has 0 saturated carbocycles. The van der Waals surface area contributed by atoms with Crippen LogP contribution in [0.4, 0.5) is 11.4 Å². The molecule has 4 N–H and O–H groups in total. The van der Waals surface area contributed by atoms with E-state index in [9.17, 15) is 0 Å². The quantitative estimate of drug-likeness (QED) is 0.468. The zero-order chi connectivity index (χ0) is 9.14. The average Bonchev–Trinajstić information content (AvgIpc) is 2.03. The summed E-state index contributed by atoms with van der Waals surface area (Å²) < 4.78 is 1.35. The number of anilines is 2. The summed E-state index contributed by atoms with van der Waals surface area (Å²) in [4.78, 5) is 2.21. The summed E-state index contributed by atoms with van der Waals surface area (Å²) in [5, 5.41) is 0. The minimum Gasteiger partial charge on any atom is -0.398 e. The molecule has 0 bridgehead atoms. The molecule has 0 amide bonds. The van der Waals surface area contributed by atoms with E-state index in [0.29, 0.717) is 0 Å². The zero-order valence-electron chi connectivity index (χ0n) is 7.26. The molecule has 66 valence electrons. The standard InChI is InChI=1S/C9H13IN2/c1-6(10-2)9-7(11)4-3-5-8(9)12/h3-5H,11-12H2,1-2H3. The van der Waals surface area contributed by atoms with Gasteiger partial charge in [-0.05, 0) is 27.5 Å². The summed E-state index contributed by atoms with van der Waals surface area (Å²) in [5.41, 5.74) is 14.3. The van der Waals surface area contributed by atoms with E-state index in [0.717, 1.165) is 16.9 Å². The van der Waals surface area contributed by atoms with Crippen LogP contribution in [-0.4, -0.2) is 8.44 Å². The summed E-state index contributed by atoms with van der Waals surface area (Å²) in [6, 6.07) is 5.68. The summed E-state index contributed by atoms with van der Waals surface area (Å²) in [7, 11) is 0. The molecule has 2 nitrogen and oxygen atoms in total. The minimum absolute atomic E-state index is 0.0891. The first-order chi connectivity index (χ1) is 5.66. The van der Waals surface area contributed by atoms with Gasteiger partial charge in [-0.1, -0.05) is 6.07 Å². The topological polar surface area (TPSA) is 52.0 Å². The Bertz CT molecular complexity index is 298. The number of halogens is 1. The van der Waals surface area contributed by atoms with Crippen molar-refractivity contribution in [1.29, 1.82) is 0 Å². The number of nitrogen functional groups attached to an aromatic ring is 2. The second-order valence-electron chi connectivity index (χ2n) is 2.53. The maximum atomic E-state index is 5.81. The molecule has 0 spiro atoms. The SMILES string of the molecule is CI=C(C)c1c(N)cccc1N. The van der Waals surface area contributed by atoms with Gasteiger partial charge in [0.15, 0.2) is 0 Å². The molecule has 0 aliphatic rings. The molecule has 0 atom stereocenters. The van der Waals surface area contributed by atoms with Crippen LogP contribution in [0.2, 0.25) is 0 Å². The first-order valence-corrected chi connectivity index (χ1v) is 6.87. The molecule has 1 rings (SSSR count). The highest BCUT2D eigenvalue weighted by Crippen LogP contribution is 2.22. The Balaban J connectivity index is 3.31. The second kappa shape index (κ2) is 3.89. The third kappa shape index (κ3) is 1.77. The van der Waals surface area contributed by atoms with Gasteiger partial charge >= 0.3 is 0 Å². The fourth-order valence-corrected chi connectivity index (χ4v) is 2.24. The van der Waals surface area contributed by atoms with Gasteiger partial charge in [0.2, 0.25) is 0 Å². The Morgan fingerprint density at radius 3 is 2.17 bits per heavy atom. The molecule has 1 aromatic carbocycles. The Morgan fingerprint density at radius 1 is 1.25 bits per heavy atom. The molecule has 1 aromatic rings. The van der Waals surface area contributed by atoms with Gasteiger partial charge in [0.1, 0.15) is 0 Å². The molecule has 0 unspecified atom stereocenters. The van der Waals surface area contributed by atoms with E-state index < -0.39 is 0 Å². The molecule has 12 heavy (non-hydrogen) atoms. The van der Waals surface area contributed by atoms with Gasteiger partial charge in [-0.2, -0.15) is 0 Å². The van der Waals surface area contributed by atoms with Crippen molar-refractivity contribution in [1.82, 2.24) is 0 Å². The van der Waals surface area contributed by atoms with Crippen LogP contribution in [0.15, 0.2) is 18.2 Å². The van der Waals surface area contributed by atoms with Crippen molar-refractivity contribution in [3.05, 3.63) is 23.8 Å². The number of hydrogen-bond donors (Lipinski definition) is 2. The number of alkyl halides is 1. The van der Waals surface area contributed by atoms with Crippen molar-refractivity contribution in [3.8, 4) is 0 Å². The molecule has 3 heteroatoms. The van der Waals surface area contributed by atoms with Gasteiger partial charge in [0.05, 0.1) is 0 Å². The van der Waals surface area contributed by atoms with E-state index in [1.807, 2.05) is 18.2 Å². The number of hydrogen-bond acceptors (Lipinski definition) is 2. The maximum absolute atomic E-state index is 5.81. The number of benzene rings is 1. The monoisotopic (exact) mass is 276 g/mol. The summed E-state index contributed by atoms with van der Waals surface area (Å²) >= 11 is 0.0891. The van der Waals surface area contributed by atoms with Crippen molar-refractivity contribution >= 4 is 35.6 Å². The van der Waals surface area contributed by atoms with Crippen molar-refractivity contribution in [2.45, 2.75) is 6.92 Å². The van der Waals surface area contributed by atoms with E-state index >= 15 is 0 Å². The molecule has 0 heterocycles. The molecule has 0 radical (unpaired) electrons. The lowest BCUT2D eigenvalue weighted by Crippen LogP contribution is -2.03. The Morgan fingerprint density at radius 2 is 1.75 bits per heavy atom. The summed E-state index contributed by atoms with van der Waals surface area (Å²) in [6.07, 6.45) is 0. The van der Waals surface area contributed by atoms with Crippen LogP contribution >= 0.6 is 20.7 Å². The molecule has 0 saturated heterocycles. The highest BCUT2D eigenvalue weighted by atomic mass is 127. The third-order valence-corrected chi connectivity index (χ3v) is 3.91. The van der Waals surface area contributed by atoms with Crippen molar-refractivity contribution in [2.75, 3.05) is 16.4 Å². The second-order valence-corrected chi connectivity index (χ2v) is 5.23. The average molecular weight is 276 g/mol. The smallest absolute Gasteiger partial charge is 0.0415 e. The van der Waals surface area contributed by atoms with Gasteiger partial charge in [-0.15, -0.1) is 20.7 Å². The van der Waals surface area contributed by atoms with E-state index in [1.54, 1.807) is 0 Å². The number of rotatable bonds is 1. The fourth-order valence-electron chi connectivity index (χ4n) is 1.08. The van der Waals surface area contributed by atoms with Gasteiger partial charge in [-0.3, -0.25) is 0 Å². The fraction of sp³-hybridized carbons (Fsp3) is 0.222. The highest BCUT2D eigenvalue weighted by molar-refractivity contribution is 14.2. The minimum atomic E-state index is 0.0891.